The maximum atomic E-state index is 5.62. The number of methoxy groups -OCH3 is 1. The molecule has 0 aliphatic heterocycles. The van der Waals surface area contributed by atoms with Crippen molar-refractivity contribution in [1.82, 2.24) is 0 Å². The number of nitrogen functional groups attached to an aromatic ring is 1. The molecule has 1 heterocycles. The molecule has 0 aliphatic rings. The minimum atomic E-state index is 0.648. The molecule has 0 bridgehead atoms. The zero-order valence-corrected chi connectivity index (χ0v) is 6.70. The third kappa shape index (κ3) is 0.906. The van der Waals surface area contributed by atoms with Gasteiger partial charge in [0.1, 0.15) is 11.3 Å². The predicted octanol–water partition coefficient (Wildman–Crippen LogP) is 2.02. The molecule has 0 saturated heterocycles. The number of rotatable bonds is 1. The van der Waals surface area contributed by atoms with E-state index in [1.54, 1.807) is 25.5 Å². The number of anilines is 1. The topological polar surface area (TPSA) is 48.4 Å². The van der Waals surface area contributed by atoms with Crippen molar-refractivity contribution < 1.29 is 9.15 Å². The van der Waals surface area contributed by atoms with Crippen molar-refractivity contribution in [2.75, 3.05) is 12.8 Å². The molecule has 3 nitrogen and oxygen atoms in total. The number of hydrogen-bond acceptors (Lipinski definition) is 3. The van der Waals surface area contributed by atoms with E-state index in [9.17, 15) is 0 Å². The maximum Gasteiger partial charge on any atom is 0.139 e. The van der Waals surface area contributed by atoms with Crippen molar-refractivity contribution in [3.8, 4) is 5.75 Å². The van der Waals surface area contributed by atoms with Gasteiger partial charge < -0.3 is 14.9 Å². The Kier molecular flexibility index (Phi) is 1.43. The molecule has 2 aromatic rings. The number of furan rings is 1. The molecule has 1 aromatic heterocycles. The van der Waals surface area contributed by atoms with E-state index in [4.69, 9.17) is 14.9 Å². The monoisotopic (exact) mass is 163 g/mol. The van der Waals surface area contributed by atoms with Crippen LogP contribution in [0.1, 0.15) is 0 Å². The normalized spacial score (nSPS) is 10.4. The largest absolute Gasteiger partial charge is 0.496 e. The molecule has 0 atom stereocenters. The molecule has 0 radical (unpaired) electrons. The first-order valence-corrected chi connectivity index (χ1v) is 3.62. The molecular weight excluding hydrogens is 154 g/mol. The van der Waals surface area contributed by atoms with Crippen LogP contribution in [-0.2, 0) is 0 Å². The van der Waals surface area contributed by atoms with Crippen LogP contribution in [-0.4, -0.2) is 7.11 Å². The van der Waals surface area contributed by atoms with E-state index in [-0.39, 0.29) is 0 Å². The molecule has 62 valence electrons. The highest BCUT2D eigenvalue weighted by Crippen LogP contribution is 2.28. The van der Waals surface area contributed by atoms with Crippen molar-refractivity contribution >= 4 is 16.7 Å². The quantitative estimate of drug-likeness (QED) is 0.654. The van der Waals surface area contributed by atoms with Gasteiger partial charge in [-0.05, 0) is 6.07 Å². The Morgan fingerprint density at radius 2 is 2.25 bits per heavy atom. The first kappa shape index (κ1) is 7.03. The summed E-state index contributed by atoms with van der Waals surface area (Å²) in [5.41, 5.74) is 7.02. The van der Waals surface area contributed by atoms with E-state index in [1.807, 2.05) is 6.07 Å². The molecule has 0 unspecified atom stereocenters. The fourth-order valence-electron chi connectivity index (χ4n) is 1.23. The van der Waals surface area contributed by atoms with E-state index in [0.29, 0.717) is 5.69 Å². The van der Waals surface area contributed by atoms with Gasteiger partial charge in [-0.1, -0.05) is 0 Å². The molecule has 0 amide bonds. The Bertz CT molecular complexity index is 406. The first-order valence-electron chi connectivity index (χ1n) is 3.62. The minimum absolute atomic E-state index is 0.648. The lowest BCUT2D eigenvalue weighted by molar-refractivity contribution is 0.420. The van der Waals surface area contributed by atoms with Crippen molar-refractivity contribution in [2.24, 2.45) is 0 Å². The van der Waals surface area contributed by atoms with Gasteiger partial charge in [0.15, 0.2) is 0 Å². The van der Waals surface area contributed by atoms with Gasteiger partial charge in [-0.25, -0.2) is 0 Å². The average molecular weight is 163 g/mol. The van der Waals surface area contributed by atoms with Crippen molar-refractivity contribution in [1.29, 1.82) is 0 Å². The highest BCUT2D eigenvalue weighted by Gasteiger charge is 2.04. The standard InChI is InChI=1S/C9H9NO2/c1-11-8-4-6(10)5-9-7(8)2-3-12-9/h2-5H,10H2,1H3. The van der Waals surface area contributed by atoms with E-state index in [0.717, 1.165) is 16.7 Å². The summed E-state index contributed by atoms with van der Waals surface area (Å²) in [5.74, 6) is 0.749. The second-order valence-corrected chi connectivity index (χ2v) is 2.56. The molecule has 2 rings (SSSR count). The van der Waals surface area contributed by atoms with Gasteiger partial charge in [0.25, 0.3) is 0 Å². The van der Waals surface area contributed by atoms with E-state index in [1.165, 1.54) is 0 Å². The SMILES string of the molecule is COc1cc(N)cc2occc12. The summed E-state index contributed by atoms with van der Waals surface area (Å²) in [6.45, 7) is 0. The highest BCUT2D eigenvalue weighted by atomic mass is 16.5. The van der Waals surface area contributed by atoms with Crippen LogP contribution in [0.25, 0.3) is 11.0 Å². The molecule has 12 heavy (non-hydrogen) atoms. The van der Waals surface area contributed by atoms with Gasteiger partial charge in [-0.15, -0.1) is 0 Å². The molecule has 0 fully saturated rings. The van der Waals surface area contributed by atoms with Crippen LogP contribution in [0, 0.1) is 0 Å². The Hall–Kier alpha value is -1.64. The highest BCUT2D eigenvalue weighted by molar-refractivity contribution is 5.87. The Morgan fingerprint density at radius 3 is 3.00 bits per heavy atom. The first-order chi connectivity index (χ1) is 5.81. The molecule has 0 saturated carbocycles. The fraction of sp³-hybridized carbons (Fsp3) is 0.111. The van der Waals surface area contributed by atoms with Gasteiger partial charge in [0, 0.05) is 17.8 Å². The molecule has 2 N–H and O–H groups in total. The second kappa shape index (κ2) is 2.44. The second-order valence-electron chi connectivity index (χ2n) is 2.56. The van der Waals surface area contributed by atoms with Crippen LogP contribution in [0.15, 0.2) is 28.9 Å². The Balaban J connectivity index is 2.80. The van der Waals surface area contributed by atoms with Crippen LogP contribution >= 0.6 is 0 Å². The lowest BCUT2D eigenvalue weighted by Gasteiger charge is -2.01. The predicted molar refractivity (Wildman–Crippen MR) is 47.2 cm³/mol. The van der Waals surface area contributed by atoms with E-state index in [2.05, 4.69) is 0 Å². The van der Waals surface area contributed by atoms with Gasteiger partial charge in [-0.2, -0.15) is 0 Å². The van der Waals surface area contributed by atoms with Crippen molar-refractivity contribution in [3.63, 3.8) is 0 Å². The molecular formula is C9H9NO2. The fourth-order valence-corrected chi connectivity index (χ4v) is 1.23. The summed E-state index contributed by atoms with van der Waals surface area (Å²) in [6.07, 6.45) is 1.62. The van der Waals surface area contributed by atoms with Gasteiger partial charge in [0.05, 0.1) is 18.8 Å². The zero-order valence-electron chi connectivity index (χ0n) is 6.70. The van der Waals surface area contributed by atoms with E-state index < -0.39 is 0 Å². The molecule has 3 heteroatoms. The van der Waals surface area contributed by atoms with Crippen LogP contribution in [0.5, 0.6) is 5.75 Å². The molecule has 0 aliphatic carbocycles. The lowest BCUT2D eigenvalue weighted by Crippen LogP contribution is -1.87. The molecule has 1 aromatic carbocycles. The minimum Gasteiger partial charge on any atom is -0.496 e. The number of ether oxygens (including phenoxy) is 1. The summed E-state index contributed by atoms with van der Waals surface area (Å²) >= 11 is 0. The summed E-state index contributed by atoms with van der Waals surface area (Å²) in [7, 11) is 1.61. The zero-order chi connectivity index (χ0) is 8.55. The average Bonchev–Trinajstić information content (AvgIpc) is 2.50. The Labute approximate surface area is 69.7 Å². The maximum absolute atomic E-state index is 5.62. The summed E-state index contributed by atoms with van der Waals surface area (Å²) < 4.78 is 10.3. The van der Waals surface area contributed by atoms with Crippen molar-refractivity contribution in [3.05, 3.63) is 24.5 Å². The summed E-state index contributed by atoms with van der Waals surface area (Å²) in [6, 6.07) is 5.41. The number of nitrogens with two attached hydrogens (primary N) is 1. The smallest absolute Gasteiger partial charge is 0.139 e. The summed E-state index contributed by atoms with van der Waals surface area (Å²) in [4.78, 5) is 0. The van der Waals surface area contributed by atoms with Crippen LogP contribution in [0.4, 0.5) is 5.69 Å². The van der Waals surface area contributed by atoms with Gasteiger partial charge >= 0.3 is 0 Å². The third-order valence-corrected chi connectivity index (χ3v) is 1.78. The van der Waals surface area contributed by atoms with E-state index >= 15 is 0 Å². The summed E-state index contributed by atoms with van der Waals surface area (Å²) in [5, 5.41) is 0.951. The van der Waals surface area contributed by atoms with Gasteiger partial charge in [0.2, 0.25) is 0 Å². The van der Waals surface area contributed by atoms with Crippen LogP contribution < -0.4 is 10.5 Å². The number of benzene rings is 1. The lowest BCUT2D eigenvalue weighted by atomic mass is 10.2. The Morgan fingerprint density at radius 1 is 1.42 bits per heavy atom. The number of fused-ring (bicyclic) bond motifs is 1. The van der Waals surface area contributed by atoms with Crippen molar-refractivity contribution in [2.45, 2.75) is 0 Å². The van der Waals surface area contributed by atoms with Gasteiger partial charge in [-0.3, -0.25) is 0 Å². The third-order valence-electron chi connectivity index (χ3n) is 1.78. The van der Waals surface area contributed by atoms with Crippen LogP contribution in [0.3, 0.4) is 0 Å². The van der Waals surface area contributed by atoms with Crippen LogP contribution in [0.2, 0.25) is 0 Å². The number of hydrogen-bond donors (Lipinski definition) is 1. The molecule has 0 spiro atoms.